The maximum atomic E-state index is 12.8. The molecule has 0 aliphatic heterocycles. The monoisotopic (exact) mass is 379 g/mol. The number of hydrogen-bond acceptors (Lipinski definition) is 4. The van der Waals surface area contributed by atoms with Gasteiger partial charge in [0.15, 0.2) is 0 Å². The molecule has 0 saturated carbocycles. The lowest BCUT2D eigenvalue weighted by Gasteiger charge is -2.13. The fraction of sp³-hybridized carbons (Fsp3) is 0.316. The molecule has 0 bridgehead atoms. The summed E-state index contributed by atoms with van der Waals surface area (Å²) in [6, 6.07) is 9.43. The molecule has 27 heavy (non-hydrogen) atoms. The van der Waals surface area contributed by atoms with Crippen LogP contribution in [0.25, 0.3) is 0 Å². The number of hydrogen-bond donors (Lipinski definition) is 1. The Bertz CT molecular complexity index is 790. The van der Waals surface area contributed by atoms with Crippen molar-refractivity contribution in [1.82, 2.24) is 10.3 Å². The first kappa shape index (κ1) is 20.4. The lowest BCUT2D eigenvalue weighted by Crippen LogP contribution is -2.33. The van der Waals surface area contributed by atoms with E-state index in [2.05, 4.69) is 15.3 Å². The summed E-state index contributed by atoms with van der Waals surface area (Å²) in [6.07, 6.45) is -2.92. The number of halogens is 3. The molecule has 1 N–H and O–H groups in total. The molecule has 0 atom stereocenters. The Balaban J connectivity index is 2.15. The fourth-order valence-corrected chi connectivity index (χ4v) is 2.02. The minimum atomic E-state index is -4.53. The maximum absolute atomic E-state index is 12.8. The van der Waals surface area contributed by atoms with Crippen LogP contribution in [0.2, 0.25) is 0 Å². The average molecular weight is 379 g/mol. The molecule has 0 aliphatic rings. The summed E-state index contributed by atoms with van der Waals surface area (Å²) in [5.74, 6) is -0.555. The molecule has 0 saturated heterocycles. The van der Waals surface area contributed by atoms with Gasteiger partial charge in [0.1, 0.15) is 0 Å². The number of benzene rings is 1. The van der Waals surface area contributed by atoms with Crippen molar-refractivity contribution in [2.45, 2.75) is 26.6 Å². The second-order valence-corrected chi connectivity index (χ2v) is 6.18. The normalized spacial score (nSPS) is 12.1. The van der Waals surface area contributed by atoms with Gasteiger partial charge in [-0.3, -0.25) is 15.1 Å². The summed E-state index contributed by atoms with van der Waals surface area (Å²) < 4.78 is 44.0. The van der Waals surface area contributed by atoms with Crippen molar-refractivity contribution < 1.29 is 22.7 Å². The molecule has 0 radical (unpaired) electrons. The molecule has 8 heteroatoms. The first-order chi connectivity index (χ1) is 12.8. The van der Waals surface area contributed by atoms with E-state index in [1.807, 2.05) is 13.8 Å². The molecule has 1 heterocycles. The number of aromatic nitrogens is 1. The number of ether oxygens (including phenoxy) is 1. The lowest BCUT2D eigenvalue weighted by molar-refractivity contribution is -0.137. The summed E-state index contributed by atoms with van der Waals surface area (Å²) in [5.41, 5.74) is -0.370. The number of carbonyl (C=O) groups excluding carboxylic acids is 1. The third kappa shape index (κ3) is 6.73. The van der Waals surface area contributed by atoms with Gasteiger partial charge in [-0.05, 0) is 36.2 Å². The smallest absolute Gasteiger partial charge is 0.416 e. The van der Waals surface area contributed by atoms with Crippen LogP contribution in [0.1, 0.15) is 35.5 Å². The van der Waals surface area contributed by atoms with Crippen LogP contribution >= 0.6 is 0 Å². The van der Waals surface area contributed by atoms with E-state index in [9.17, 15) is 18.0 Å². The highest BCUT2D eigenvalue weighted by molar-refractivity contribution is 6.04. The van der Waals surface area contributed by atoms with Crippen LogP contribution < -0.4 is 5.32 Å². The van der Waals surface area contributed by atoms with Gasteiger partial charge in [0.2, 0.25) is 0 Å². The molecule has 0 unspecified atom stereocenters. The Morgan fingerprint density at radius 2 is 2.00 bits per heavy atom. The van der Waals surface area contributed by atoms with Crippen molar-refractivity contribution in [3.8, 4) is 0 Å². The molecule has 5 nitrogen and oxygen atoms in total. The van der Waals surface area contributed by atoms with Crippen molar-refractivity contribution in [1.29, 1.82) is 0 Å². The largest absolute Gasteiger partial charge is 0.465 e. The second kappa shape index (κ2) is 9.16. The number of carbonyl (C=O) groups is 1. The summed E-state index contributed by atoms with van der Waals surface area (Å²) in [7, 11) is 0. The quantitative estimate of drug-likeness (QED) is 0.629. The summed E-state index contributed by atoms with van der Waals surface area (Å²) in [6.45, 7) is 4.30. The molecule has 1 amide bonds. The summed E-state index contributed by atoms with van der Waals surface area (Å²) in [4.78, 5) is 20.6. The van der Waals surface area contributed by atoms with Crippen LogP contribution in [0.4, 0.5) is 13.2 Å². The molecule has 1 aromatic carbocycles. The van der Waals surface area contributed by atoms with Crippen molar-refractivity contribution in [2.75, 3.05) is 6.61 Å². The number of nitrogens with zero attached hydrogens (tertiary/aromatic N) is 2. The highest BCUT2D eigenvalue weighted by Crippen LogP contribution is 2.29. The van der Waals surface area contributed by atoms with Crippen LogP contribution in [0.3, 0.4) is 0 Å². The highest BCUT2D eigenvalue weighted by Gasteiger charge is 2.31. The zero-order valence-corrected chi connectivity index (χ0v) is 15.0. The van der Waals surface area contributed by atoms with Crippen molar-refractivity contribution in [3.63, 3.8) is 0 Å². The van der Waals surface area contributed by atoms with Gasteiger partial charge < -0.3 is 4.74 Å². The third-order valence-corrected chi connectivity index (χ3v) is 3.34. The van der Waals surface area contributed by atoms with Crippen LogP contribution in [0, 0.1) is 5.92 Å². The number of alkyl halides is 3. The Kier molecular flexibility index (Phi) is 6.92. The zero-order valence-electron chi connectivity index (χ0n) is 15.0. The van der Waals surface area contributed by atoms with E-state index in [1.165, 1.54) is 12.1 Å². The number of nitrogens with one attached hydrogen (secondary N) is 1. The minimum Gasteiger partial charge on any atom is -0.465 e. The van der Waals surface area contributed by atoms with Crippen LogP contribution in [-0.4, -0.2) is 23.5 Å². The molecule has 144 valence electrons. The molecule has 1 aromatic heterocycles. The fourth-order valence-electron chi connectivity index (χ4n) is 2.02. The molecule has 0 spiro atoms. The second-order valence-electron chi connectivity index (χ2n) is 6.18. The molecule has 2 rings (SSSR count). The third-order valence-electron chi connectivity index (χ3n) is 3.34. The zero-order chi connectivity index (χ0) is 19.9. The number of amides is 1. The average Bonchev–Trinajstić information content (AvgIpc) is 2.64. The van der Waals surface area contributed by atoms with Crippen LogP contribution in [0.5, 0.6) is 0 Å². The van der Waals surface area contributed by atoms with E-state index >= 15 is 0 Å². The molecular formula is C19H20F3N3O2. The van der Waals surface area contributed by atoms with Gasteiger partial charge in [0.25, 0.3) is 11.9 Å². The molecular weight excluding hydrogens is 359 g/mol. The van der Waals surface area contributed by atoms with Crippen molar-refractivity contribution >= 4 is 11.9 Å². The first-order valence-electron chi connectivity index (χ1n) is 8.31. The highest BCUT2D eigenvalue weighted by atomic mass is 19.4. The number of rotatable bonds is 5. The topological polar surface area (TPSA) is 63.6 Å². The number of pyridine rings is 1. The molecule has 2 aromatic rings. The van der Waals surface area contributed by atoms with E-state index in [0.29, 0.717) is 12.3 Å². The van der Waals surface area contributed by atoms with E-state index in [0.717, 1.165) is 12.1 Å². The molecule has 0 aliphatic carbocycles. The Morgan fingerprint density at radius 1 is 1.22 bits per heavy atom. The van der Waals surface area contributed by atoms with Crippen molar-refractivity contribution in [3.05, 3.63) is 65.5 Å². The summed E-state index contributed by atoms with van der Waals surface area (Å²) >= 11 is 0. The van der Waals surface area contributed by atoms with Gasteiger partial charge in [-0.25, -0.2) is 4.99 Å². The van der Waals surface area contributed by atoms with E-state index in [-0.39, 0.29) is 24.0 Å². The Morgan fingerprint density at radius 3 is 2.63 bits per heavy atom. The number of amidine groups is 1. The van der Waals surface area contributed by atoms with Gasteiger partial charge in [-0.2, -0.15) is 13.2 Å². The maximum Gasteiger partial charge on any atom is 0.416 e. The van der Waals surface area contributed by atoms with E-state index < -0.39 is 17.6 Å². The predicted molar refractivity (Wildman–Crippen MR) is 95.1 cm³/mol. The standard InChI is InChI=1S/C19H20F3N3O2/c1-13(2)12-27-18(24-11-16-8-3-4-9-23-16)25-17(26)14-6-5-7-15(10-14)19(20,21)22/h3-10,13H,11-12H2,1-2H3,(H,24,25,26). The van der Waals surface area contributed by atoms with Gasteiger partial charge in [-0.15, -0.1) is 0 Å². The summed E-state index contributed by atoms with van der Waals surface area (Å²) in [5, 5.41) is 2.43. The van der Waals surface area contributed by atoms with Crippen LogP contribution in [-0.2, 0) is 17.5 Å². The molecule has 0 fully saturated rings. The van der Waals surface area contributed by atoms with Gasteiger partial charge >= 0.3 is 6.18 Å². The SMILES string of the molecule is CC(C)COC(=NCc1ccccn1)NC(=O)c1cccc(C(F)(F)F)c1. The van der Waals surface area contributed by atoms with Crippen LogP contribution in [0.15, 0.2) is 53.7 Å². The van der Waals surface area contributed by atoms with Gasteiger partial charge in [-0.1, -0.05) is 26.0 Å². The number of aliphatic imine (C=N–C) groups is 1. The predicted octanol–water partition coefficient (Wildman–Crippen LogP) is 4.06. The van der Waals surface area contributed by atoms with Gasteiger partial charge in [0.05, 0.1) is 24.4 Å². The Labute approximate surface area is 155 Å². The van der Waals surface area contributed by atoms with E-state index in [1.54, 1.807) is 24.4 Å². The minimum absolute atomic E-state index is 0.0586. The lowest BCUT2D eigenvalue weighted by atomic mass is 10.1. The van der Waals surface area contributed by atoms with E-state index in [4.69, 9.17) is 4.74 Å². The van der Waals surface area contributed by atoms with Gasteiger partial charge in [0, 0.05) is 11.8 Å². The van der Waals surface area contributed by atoms with Crippen molar-refractivity contribution in [2.24, 2.45) is 10.9 Å². The Hall–Kier alpha value is -2.90. The first-order valence-corrected chi connectivity index (χ1v) is 8.31.